The Kier molecular flexibility index (Phi) is 5.68. The molecule has 0 aliphatic rings. The van der Waals surface area contributed by atoms with Gasteiger partial charge in [0, 0.05) is 6.23 Å². The van der Waals surface area contributed by atoms with Crippen molar-refractivity contribution in [2.24, 2.45) is 0 Å². The second-order valence-corrected chi connectivity index (χ2v) is 10.6. The molecular weight excluding hydrogens is 232 g/mol. The third-order valence-electron chi connectivity index (χ3n) is 2.10. The van der Waals surface area contributed by atoms with E-state index in [2.05, 4.69) is 19.6 Å². The van der Waals surface area contributed by atoms with Crippen LogP contribution in [0.3, 0.4) is 0 Å². The second kappa shape index (κ2) is 6.79. The zero-order valence-corrected chi connectivity index (χ0v) is 12.2. The van der Waals surface area contributed by atoms with Crippen LogP contribution in [0.1, 0.15) is 5.56 Å². The average molecular weight is 254 g/mol. The summed E-state index contributed by atoms with van der Waals surface area (Å²) in [4.78, 5) is 0. The van der Waals surface area contributed by atoms with Crippen LogP contribution in [0.5, 0.6) is 5.75 Å². The molecule has 0 aliphatic heterocycles. The van der Waals surface area contributed by atoms with Crippen LogP contribution in [0, 0.1) is 0 Å². The summed E-state index contributed by atoms with van der Waals surface area (Å²) in [7, 11) is 0.540. The topological polar surface area (TPSA) is 27.7 Å². The first-order valence-corrected chi connectivity index (χ1v) is 9.50. The van der Waals surface area contributed by atoms with E-state index in [-0.39, 0.29) is 0 Å². The van der Waals surface area contributed by atoms with Crippen molar-refractivity contribution in [2.75, 3.05) is 20.1 Å². The Hall–Kier alpha value is -0.843. The summed E-state index contributed by atoms with van der Waals surface area (Å²) >= 11 is 0. The first-order valence-electron chi connectivity index (χ1n) is 5.80. The van der Waals surface area contributed by atoms with Crippen molar-refractivity contribution in [1.29, 1.82) is 0 Å². The standard InChI is InChI=1S/C13H22O3Si/c1-14-13-7-5-6-12(8-13)9-15-10-16-11-17(2,3)4/h5-8H,9-11H2,1-4H3. The largest absolute Gasteiger partial charge is 0.497 e. The van der Waals surface area contributed by atoms with Crippen molar-refractivity contribution < 1.29 is 14.2 Å². The molecule has 0 amide bonds. The van der Waals surface area contributed by atoms with E-state index in [1.807, 2.05) is 24.3 Å². The van der Waals surface area contributed by atoms with Crippen LogP contribution in [-0.2, 0) is 16.1 Å². The Morgan fingerprint density at radius 3 is 2.53 bits per heavy atom. The van der Waals surface area contributed by atoms with Crippen LogP contribution in [0.25, 0.3) is 0 Å². The van der Waals surface area contributed by atoms with E-state index in [0.717, 1.165) is 17.5 Å². The maximum atomic E-state index is 5.48. The van der Waals surface area contributed by atoms with Gasteiger partial charge in [-0.1, -0.05) is 31.8 Å². The van der Waals surface area contributed by atoms with Crippen molar-refractivity contribution in [1.82, 2.24) is 0 Å². The minimum atomic E-state index is -1.12. The summed E-state index contributed by atoms with van der Waals surface area (Å²) in [5.74, 6) is 0.856. The van der Waals surface area contributed by atoms with Gasteiger partial charge in [-0.05, 0) is 17.7 Å². The van der Waals surface area contributed by atoms with Gasteiger partial charge >= 0.3 is 0 Å². The molecule has 0 aromatic heterocycles. The van der Waals surface area contributed by atoms with Crippen LogP contribution in [0.15, 0.2) is 24.3 Å². The molecule has 3 nitrogen and oxygen atoms in total. The lowest BCUT2D eigenvalue weighted by atomic mass is 10.2. The minimum absolute atomic E-state index is 0.363. The van der Waals surface area contributed by atoms with Gasteiger partial charge in [-0.2, -0.15) is 0 Å². The third kappa shape index (κ3) is 6.46. The quantitative estimate of drug-likeness (QED) is 0.425. The predicted octanol–water partition coefficient (Wildman–Crippen LogP) is 3.06. The Morgan fingerprint density at radius 1 is 1.12 bits per heavy atom. The summed E-state index contributed by atoms with van der Waals surface area (Å²) in [6.45, 7) is 7.74. The molecule has 0 heterocycles. The van der Waals surface area contributed by atoms with E-state index in [1.165, 1.54) is 0 Å². The summed E-state index contributed by atoms with van der Waals surface area (Å²) in [5, 5.41) is 0. The van der Waals surface area contributed by atoms with Gasteiger partial charge in [0.25, 0.3) is 0 Å². The van der Waals surface area contributed by atoms with Gasteiger partial charge in [0.15, 0.2) is 0 Å². The molecule has 17 heavy (non-hydrogen) atoms. The zero-order chi connectivity index (χ0) is 12.7. The van der Waals surface area contributed by atoms with Crippen LogP contribution in [0.4, 0.5) is 0 Å². The molecule has 0 radical (unpaired) electrons. The lowest BCUT2D eigenvalue weighted by Gasteiger charge is -2.15. The van der Waals surface area contributed by atoms with Crippen molar-refractivity contribution in [2.45, 2.75) is 26.2 Å². The highest BCUT2D eigenvalue weighted by Crippen LogP contribution is 2.13. The zero-order valence-electron chi connectivity index (χ0n) is 11.2. The molecule has 0 saturated carbocycles. The molecule has 96 valence electrons. The number of benzene rings is 1. The molecule has 0 saturated heterocycles. The lowest BCUT2D eigenvalue weighted by molar-refractivity contribution is -0.0481. The van der Waals surface area contributed by atoms with Gasteiger partial charge in [-0.25, -0.2) is 0 Å². The second-order valence-electron chi connectivity index (χ2n) is 5.23. The summed E-state index contributed by atoms with van der Waals surface area (Å²) < 4.78 is 16.1. The van der Waals surface area contributed by atoms with Crippen molar-refractivity contribution >= 4 is 8.07 Å². The van der Waals surface area contributed by atoms with Gasteiger partial charge in [0.1, 0.15) is 12.5 Å². The fourth-order valence-electron chi connectivity index (χ4n) is 1.33. The van der Waals surface area contributed by atoms with E-state index in [1.54, 1.807) is 7.11 Å². The first-order chi connectivity index (χ1) is 8.01. The van der Waals surface area contributed by atoms with Crippen LogP contribution in [-0.4, -0.2) is 28.2 Å². The molecule has 0 atom stereocenters. The number of hydrogen-bond acceptors (Lipinski definition) is 3. The Labute approximate surface area is 105 Å². The van der Waals surface area contributed by atoms with Crippen molar-refractivity contribution in [3.05, 3.63) is 29.8 Å². The molecule has 0 aliphatic carbocycles. The highest BCUT2D eigenvalue weighted by molar-refractivity contribution is 6.76. The summed E-state index contributed by atoms with van der Waals surface area (Å²) in [5.41, 5.74) is 1.10. The summed E-state index contributed by atoms with van der Waals surface area (Å²) in [6.07, 6.45) is 0.838. The van der Waals surface area contributed by atoms with Crippen LogP contribution >= 0.6 is 0 Å². The fraction of sp³-hybridized carbons (Fsp3) is 0.538. The van der Waals surface area contributed by atoms with Gasteiger partial charge in [-0.15, -0.1) is 0 Å². The highest BCUT2D eigenvalue weighted by atomic mass is 28.3. The molecule has 1 rings (SSSR count). The van der Waals surface area contributed by atoms with E-state index in [9.17, 15) is 0 Å². The average Bonchev–Trinajstić information content (AvgIpc) is 2.27. The Balaban J connectivity index is 2.22. The van der Waals surface area contributed by atoms with E-state index in [4.69, 9.17) is 14.2 Å². The molecule has 0 unspecified atom stereocenters. The molecule has 0 spiro atoms. The molecule has 0 bridgehead atoms. The van der Waals surface area contributed by atoms with Crippen LogP contribution < -0.4 is 4.74 Å². The number of ether oxygens (including phenoxy) is 3. The molecule has 1 aromatic rings. The maximum absolute atomic E-state index is 5.48. The predicted molar refractivity (Wildman–Crippen MR) is 71.9 cm³/mol. The molecule has 4 heteroatoms. The smallest absolute Gasteiger partial charge is 0.146 e. The Morgan fingerprint density at radius 2 is 1.88 bits per heavy atom. The highest BCUT2D eigenvalue weighted by Gasteiger charge is 2.12. The molecule has 0 fully saturated rings. The number of hydrogen-bond donors (Lipinski definition) is 0. The first kappa shape index (κ1) is 14.2. The van der Waals surface area contributed by atoms with E-state index in [0.29, 0.717) is 13.4 Å². The number of methoxy groups -OCH3 is 1. The molecule has 0 N–H and O–H groups in total. The van der Waals surface area contributed by atoms with Crippen LogP contribution in [0.2, 0.25) is 19.6 Å². The minimum Gasteiger partial charge on any atom is -0.497 e. The van der Waals surface area contributed by atoms with Crippen molar-refractivity contribution in [3.63, 3.8) is 0 Å². The van der Waals surface area contributed by atoms with E-state index >= 15 is 0 Å². The number of rotatable bonds is 7. The normalized spacial score (nSPS) is 11.5. The van der Waals surface area contributed by atoms with E-state index < -0.39 is 8.07 Å². The van der Waals surface area contributed by atoms with Gasteiger partial charge in [-0.3, -0.25) is 0 Å². The fourth-order valence-corrected chi connectivity index (χ4v) is 2.02. The molecule has 1 aromatic carbocycles. The maximum Gasteiger partial charge on any atom is 0.146 e. The lowest BCUT2D eigenvalue weighted by Crippen LogP contribution is -2.28. The summed E-state index contributed by atoms with van der Waals surface area (Å²) in [6, 6.07) is 7.87. The van der Waals surface area contributed by atoms with Gasteiger partial charge < -0.3 is 14.2 Å². The molecular formula is C13H22O3Si. The third-order valence-corrected chi connectivity index (χ3v) is 3.17. The van der Waals surface area contributed by atoms with Gasteiger partial charge in [0.2, 0.25) is 0 Å². The van der Waals surface area contributed by atoms with Crippen molar-refractivity contribution in [3.8, 4) is 5.75 Å². The Bertz CT molecular complexity index is 334. The monoisotopic (exact) mass is 254 g/mol. The SMILES string of the molecule is COc1cccc(COCOC[Si](C)(C)C)c1. The van der Waals surface area contributed by atoms with Gasteiger partial charge in [0.05, 0.1) is 21.8 Å².